The molecule has 6 heteroatoms. The van der Waals surface area contributed by atoms with Gasteiger partial charge >= 0.3 is 0 Å². The van der Waals surface area contributed by atoms with Crippen molar-refractivity contribution in [3.05, 3.63) is 84.8 Å². The second-order valence-corrected chi connectivity index (χ2v) is 6.97. The standard InChI is InChI=1S/C24H19N5O/c1-15-12-13-18-19(28-15)9-5-10-20(18)29-23-22(25)24(27-14-26-23)30-21-11-4-7-16-6-2-3-8-17(16)21/h2-14H,25H2,1H3,(H,26,27,29). The highest BCUT2D eigenvalue weighted by molar-refractivity contribution is 5.94. The number of aromatic nitrogens is 3. The van der Waals surface area contributed by atoms with Gasteiger partial charge in [-0.1, -0.05) is 42.5 Å². The molecule has 0 fully saturated rings. The van der Waals surface area contributed by atoms with Crippen molar-refractivity contribution >= 4 is 38.9 Å². The van der Waals surface area contributed by atoms with E-state index in [0.29, 0.717) is 23.1 Å². The zero-order valence-electron chi connectivity index (χ0n) is 16.3. The molecule has 2 aromatic heterocycles. The molecule has 30 heavy (non-hydrogen) atoms. The number of anilines is 3. The molecule has 5 rings (SSSR count). The summed E-state index contributed by atoms with van der Waals surface area (Å²) in [5.41, 5.74) is 9.43. The Kier molecular flexibility index (Phi) is 4.37. The summed E-state index contributed by atoms with van der Waals surface area (Å²) in [7, 11) is 0. The molecule has 0 bridgehead atoms. The van der Waals surface area contributed by atoms with Crippen molar-refractivity contribution in [2.24, 2.45) is 0 Å². The number of fused-ring (bicyclic) bond motifs is 2. The summed E-state index contributed by atoms with van der Waals surface area (Å²) in [6, 6.07) is 23.8. The van der Waals surface area contributed by atoms with Crippen molar-refractivity contribution in [2.45, 2.75) is 6.92 Å². The zero-order valence-corrected chi connectivity index (χ0v) is 16.3. The van der Waals surface area contributed by atoms with Crippen LogP contribution in [0.5, 0.6) is 11.6 Å². The summed E-state index contributed by atoms with van der Waals surface area (Å²) >= 11 is 0. The fourth-order valence-electron chi connectivity index (χ4n) is 3.44. The number of hydrogen-bond acceptors (Lipinski definition) is 6. The molecule has 0 aliphatic rings. The third kappa shape index (κ3) is 3.24. The van der Waals surface area contributed by atoms with Crippen LogP contribution in [0.4, 0.5) is 17.2 Å². The first kappa shape index (κ1) is 17.9. The number of aryl methyl sites for hydroxylation is 1. The summed E-state index contributed by atoms with van der Waals surface area (Å²) in [5, 5.41) is 6.36. The van der Waals surface area contributed by atoms with E-state index in [9.17, 15) is 0 Å². The van der Waals surface area contributed by atoms with Gasteiger partial charge in [-0.05, 0) is 42.6 Å². The Morgan fingerprint density at radius 2 is 1.67 bits per heavy atom. The third-order valence-corrected chi connectivity index (χ3v) is 4.93. The van der Waals surface area contributed by atoms with E-state index in [1.165, 1.54) is 6.33 Å². The first-order valence-corrected chi connectivity index (χ1v) is 9.58. The van der Waals surface area contributed by atoms with Gasteiger partial charge in [0.2, 0.25) is 5.88 Å². The highest BCUT2D eigenvalue weighted by Gasteiger charge is 2.13. The number of nitrogen functional groups attached to an aromatic ring is 1. The third-order valence-electron chi connectivity index (χ3n) is 4.93. The van der Waals surface area contributed by atoms with Gasteiger partial charge in [-0.2, -0.15) is 4.98 Å². The van der Waals surface area contributed by atoms with Crippen molar-refractivity contribution in [2.75, 3.05) is 11.1 Å². The van der Waals surface area contributed by atoms with Crippen LogP contribution in [-0.4, -0.2) is 15.0 Å². The van der Waals surface area contributed by atoms with Crippen LogP contribution in [0.3, 0.4) is 0 Å². The van der Waals surface area contributed by atoms with Crippen molar-refractivity contribution in [3.63, 3.8) is 0 Å². The van der Waals surface area contributed by atoms with E-state index < -0.39 is 0 Å². The van der Waals surface area contributed by atoms with E-state index >= 15 is 0 Å². The average molecular weight is 393 g/mol. The lowest BCUT2D eigenvalue weighted by Crippen LogP contribution is -2.03. The van der Waals surface area contributed by atoms with Crippen LogP contribution in [0.25, 0.3) is 21.7 Å². The fourth-order valence-corrected chi connectivity index (χ4v) is 3.44. The number of pyridine rings is 1. The lowest BCUT2D eigenvalue weighted by molar-refractivity contribution is 0.470. The molecular weight excluding hydrogens is 374 g/mol. The van der Waals surface area contributed by atoms with E-state index in [-0.39, 0.29) is 0 Å². The molecule has 0 aliphatic carbocycles. The number of nitrogens with zero attached hydrogens (tertiary/aromatic N) is 3. The van der Waals surface area contributed by atoms with E-state index in [1.54, 1.807) is 0 Å². The van der Waals surface area contributed by atoms with Gasteiger partial charge in [0.15, 0.2) is 5.82 Å². The molecular formula is C24H19N5O. The second-order valence-electron chi connectivity index (χ2n) is 6.97. The maximum Gasteiger partial charge on any atom is 0.248 e. The molecule has 6 nitrogen and oxygen atoms in total. The summed E-state index contributed by atoms with van der Waals surface area (Å²) in [6.07, 6.45) is 1.44. The van der Waals surface area contributed by atoms with Crippen LogP contribution in [0, 0.1) is 6.92 Å². The minimum absolute atomic E-state index is 0.304. The highest BCUT2D eigenvalue weighted by atomic mass is 16.5. The molecule has 0 amide bonds. The van der Waals surface area contributed by atoms with Gasteiger partial charge in [-0.3, -0.25) is 4.98 Å². The molecule has 0 spiro atoms. The number of nitrogens with two attached hydrogens (primary N) is 1. The maximum absolute atomic E-state index is 6.36. The summed E-state index contributed by atoms with van der Waals surface area (Å²) in [4.78, 5) is 13.1. The van der Waals surface area contributed by atoms with E-state index in [1.807, 2.05) is 79.7 Å². The highest BCUT2D eigenvalue weighted by Crippen LogP contribution is 2.35. The number of ether oxygens (including phenoxy) is 1. The van der Waals surface area contributed by atoms with Gasteiger partial charge in [0, 0.05) is 22.2 Å². The zero-order chi connectivity index (χ0) is 20.5. The molecule has 0 unspecified atom stereocenters. The second kappa shape index (κ2) is 7.33. The fraction of sp³-hybridized carbons (Fsp3) is 0.0417. The van der Waals surface area contributed by atoms with Gasteiger partial charge in [-0.25, -0.2) is 4.98 Å². The minimum Gasteiger partial charge on any atom is -0.436 e. The molecule has 3 N–H and O–H groups in total. The molecule has 0 saturated heterocycles. The smallest absolute Gasteiger partial charge is 0.248 e. The number of hydrogen-bond donors (Lipinski definition) is 2. The first-order valence-electron chi connectivity index (χ1n) is 9.58. The lowest BCUT2D eigenvalue weighted by atomic mass is 10.1. The predicted molar refractivity (Wildman–Crippen MR) is 120 cm³/mol. The SMILES string of the molecule is Cc1ccc2c(Nc3ncnc(Oc4cccc5ccccc45)c3N)cccc2n1. The minimum atomic E-state index is 0.304. The molecule has 3 aromatic carbocycles. The molecule has 0 aliphatic heterocycles. The maximum atomic E-state index is 6.36. The van der Waals surface area contributed by atoms with Gasteiger partial charge < -0.3 is 15.8 Å². The van der Waals surface area contributed by atoms with Gasteiger partial charge in [0.05, 0.1) is 5.52 Å². The van der Waals surface area contributed by atoms with E-state index in [0.717, 1.165) is 33.1 Å². The Bertz CT molecular complexity index is 1380. The van der Waals surface area contributed by atoms with Crippen LogP contribution in [0.15, 0.2) is 79.1 Å². The van der Waals surface area contributed by atoms with Crippen molar-refractivity contribution in [1.29, 1.82) is 0 Å². The lowest BCUT2D eigenvalue weighted by Gasteiger charge is -2.14. The Balaban J connectivity index is 1.51. The topological polar surface area (TPSA) is 86.0 Å². The Morgan fingerprint density at radius 3 is 2.60 bits per heavy atom. The normalized spacial score (nSPS) is 11.0. The van der Waals surface area contributed by atoms with Crippen LogP contribution in [0.1, 0.15) is 5.69 Å². The number of rotatable bonds is 4. The Labute approximate surface area is 173 Å². The molecule has 5 aromatic rings. The molecule has 0 saturated carbocycles. The number of nitrogens with one attached hydrogen (secondary N) is 1. The Morgan fingerprint density at radius 1 is 0.833 bits per heavy atom. The number of benzene rings is 3. The van der Waals surface area contributed by atoms with Crippen LogP contribution >= 0.6 is 0 Å². The van der Waals surface area contributed by atoms with E-state index in [4.69, 9.17) is 10.5 Å². The largest absolute Gasteiger partial charge is 0.436 e. The molecule has 146 valence electrons. The Hall–Kier alpha value is -4.19. The van der Waals surface area contributed by atoms with Crippen molar-refractivity contribution in [1.82, 2.24) is 15.0 Å². The van der Waals surface area contributed by atoms with Crippen molar-refractivity contribution in [3.8, 4) is 11.6 Å². The van der Waals surface area contributed by atoms with E-state index in [2.05, 4.69) is 20.3 Å². The monoisotopic (exact) mass is 393 g/mol. The van der Waals surface area contributed by atoms with Gasteiger partial charge in [0.25, 0.3) is 0 Å². The van der Waals surface area contributed by atoms with Crippen LogP contribution in [-0.2, 0) is 0 Å². The van der Waals surface area contributed by atoms with Crippen LogP contribution in [0.2, 0.25) is 0 Å². The quantitative estimate of drug-likeness (QED) is 0.413. The molecule has 0 radical (unpaired) electrons. The molecule has 2 heterocycles. The average Bonchev–Trinajstić information content (AvgIpc) is 2.76. The summed E-state index contributed by atoms with van der Waals surface area (Å²) in [6.45, 7) is 1.97. The summed E-state index contributed by atoms with van der Waals surface area (Å²) in [5.74, 6) is 1.47. The van der Waals surface area contributed by atoms with Crippen LogP contribution < -0.4 is 15.8 Å². The van der Waals surface area contributed by atoms with Crippen molar-refractivity contribution < 1.29 is 4.74 Å². The van der Waals surface area contributed by atoms with Gasteiger partial charge in [-0.15, -0.1) is 0 Å². The predicted octanol–water partition coefficient (Wildman–Crippen LogP) is 5.60. The first-order chi connectivity index (χ1) is 14.7. The van der Waals surface area contributed by atoms with Gasteiger partial charge in [0.1, 0.15) is 17.8 Å². The molecule has 0 atom stereocenters. The summed E-state index contributed by atoms with van der Waals surface area (Å²) < 4.78 is 6.08.